The standard InChI is InChI=1S/C28H30Cl2N2O2/c1-3-14-31-28(34)26(16-21-9-5-4-6-10-21)32(19-22-11-7-8-20(2)15-22)27(33)17-23-12-13-24(29)18-25(23)30/h4-13,15,18,26H,3,14,16-17,19H2,1-2H3,(H,31,34)/t26-/m1/s1. The van der Waals surface area contributed by atoms with E-state index in [0.717, 1.165) is 23.1 Å². The van der Waals surface area contributed by atoms with E-state index in [2.05, 4.69) is 5.32 Å². The summed E-state index contributed by atoms with van der Waals surface area (Å²) in [6, 6.07) is 22.2. The third kappa shape index (κ3) is 7.34. The molecule has 0 heterocycles. The highest BCUT2D eigenvalue weighted by atomic mass is 35.5. The van der Waals surface area contributed by atoms with E-state index in [1.807, 2.05) is 68.4 Å². The van der Waals surface area contributed by atoms with E-state index in [-0.39, 0.29) is 18.2 Å². The van der Waals surface area contributed by atoms with Crippen LogP contribution in [0.15, 0.2) is 72.8 Å². The van der Waals surface area contributed by atoms with Crippen LogP contribution in [0.2, 0.25) is 10.0 Å². The summed E-state index contributed by atoms with van der Waals surface area (Å²) in [6.45, 7) is 4.89. The molecule has 0 saturated heterocycles. The van der Waals surface area contributed by atoms with E-state index in [1.54, 1.807) is 23.1 Å². The molecule has 0 aliphatic rings. The van der Waals surface area contributed by atoms with Gasteiger partial charge in [0.25, 0.3) is 0 Å². The molecule has 2 amide bonds. The van der Waals surface area contributed by atoms with Gasteiger partial charge in [-0.1, -0.05) is 96.4 Å². The molecule has 0 bridgehead atoms. The minimum Gasteiger partial charge on any atom is -0.354 e. The van der Waals surface area contributed by atoms with Gasteiger partial charge >= 0.3 is 0 Å². The van der Waals surface area contributed by atoms with Crippen LogP contribution in [0.4, 0.5) is 0 Å². The Kier molecular flexibility index (Phi) is 9.55. The molecule has 1 N–H and O–H groups in total. The van der Waals surface area contributed by atoms with E-state index in [4.69, 9.17) is 23.2 Å². The zero-order valence-electron chi connectivity index (χ0n) is 19.6. The van der Waals surface area contributed by atoms with Crippen LogP contribution in [0, 0.1) is 6.92 Å². The zero-order valence-corrected chi connectivity index (χ0v) is 21.1. The number of carbonyl (C=O) groups excluding carboxylic acids is 2. The molecule has 3 aromatic rings. The molecular weight excluding hydrogens is 467 g/mol. The van der Waals surface area contributed by atoms with Crippen LogP contribution < -0.4 is 5.32 Å². The Labute approximate surface area is 211 Å². The van der Waals surface area contributed by atoms with E-state index in [9.17, 15) is 9.59 Å². The molecule has 0 aliphatic carbocycles. The normalized spacial score (nSPS) is 11.6. The van der Waals surface area contributed by atoms with Crippen LogP contribution in [0.1, 0.15) is 35.6 Å². The maximum absolute atomic E-state index is 13.7. The first-order valence-corrected chi connectivity index (χ1v) is 12.2. The Hall–Kier alpha value is -2.82. The number of rotatable bonds is 10. The van der Waals surface area contributed by atoms with Gasteiger partial charge in [0.15, 0.2) is 0 Å². The highest BCUT2D eigenvalue weighted by Crippen LogP contribution is 2.23. The molecule has 34 heavy (non-hydrogen) atoms. The van der Waals surface area contributed by atoms with Crippen LogP contribution in [0.25, 0.3) is 0 Å². The summed E-state index contributed by atoms with van der Waals surface area (Å²) in [5, 5.41) is 3.94. The predicted molar refractivity (Wildman–Crippen MR) is 139 cm³/mol. The van der Waals surface area contributed by atoms with E-state index < -0.39 is 6.04 Å². The fourth-order valence-corrected chi connectivity index (χ4v) is 4.33. The van der Waals surface area contributed by atoms with Gasteiger partial charge in [-0.05, 0) is 42.2 Å². The molecule has 0 aromatic heterocycles. The second-order valence-corrected chi connectivity index (χ2v) is 9.26. The van der Waals surface area contributed by atoms with Crippen LogP contribution >= 0.6 is 23.2 Å². The van der Waals surface area contributed by atoms with E-state index >= 15 is 0 Å². The van der Waals surface area contributed by atoms with E-state index in [0.29, 0.717) is 35.1 Å². The number of carbonyl (C=O) groups is 2. The van der Waals surface area contributed by atoms with Crippen molar-refractivity contribution in [2.24, 2.45) is 0 Å². The van der Waals surface area contributed by atoms with Crippen molar-refractivity contribution in [3.05, 3.63) is 105 Å². The van der Waals surface area contributed by atoms with Gasteiger partial charge < -0.3 is 10.2 Å². The summed E-state index contributed by atoms with van der Waals surface area (Å²) in [5.41, 5.74) is 3.74. The van der Waals surface area contributed by atoms with Crippen molar-refractivity contribution in [1.29, 1.82) is 0 Å². The maximum Gasteiger partial charge on any atom is 0.243 e. The van der Waals surface area contributed by atoms with Crippen molar-refractivity contribution in [3.8, 4) is 0 Å². The molecule has 0 fully saturated rings. The molecule has 3 rings (SSSR count). The van der Waals surface area contributed by atoms with Crippen molar-refractivity contribution in [1.82, 2.24) is 10.2 Å². The fourth-order valence-electron chi connectivity index (χ4n) is 3.86. The van der Waals surface area contributed by atoms with Crippen LogP contribution in [-0.2, 0) is 29.0 Å². The molecule has 0 spiro atoms. The highest BCUT2D eigenvalue weighted by molar-refractivity contribution is 6.35. The van der Waals surface area contributed by atoms with Gasteiger partial charge in [-0.3, -0.25) is 9.59 Å². The molecule has 6 heteroatoms. The molecular formula is C28H30Cl2N2O2. The van der Waals surface area contributed by atoms with Crippen LogP contribution in [0.3, 0.4) is 0 Å². The largest absolute Gasteiger partial charge is 0.354 e. The molecule has 0 unspecified atom stereocenters. The second-order valence-electron chi connectivity index (χ2n) is 8.42. The fraction of sp³-hybridized carbons (Fsp3) is 0.286. The molecule has 0 aliphatic heterocycles. The average Bonchev–Trinajstić information content (AvgIpc) is 2.82. The third-order valence-electron chi connectivity index (χ3n) is 5.61. The Bertz CT molecular complexity index is 1120. The monoisotopic (exact) mass is 496 g/mol. The Morgan fingerprint density at radius 1 is 0.941 bits per heavy atom. The second kappa shape index (κ2) is 12.6. The summed E-state index contributed by atoms with van der Waals surface area (Å²) in [4.78, 5) is 28.7. The lowest BCUT2D eigenvalue weighted by Gasteiger charge is -2.32. The number of hydrogen-bond donors (Lipinski definition) is 1. The summed E-state index contributed by atoms with van der Waals surface area (Å²) in [7, 11) is 0. The topological polar surface area (TPSA) is 49.4 Å². The predicted octanol–water partition coefficient (Wildman–Crippen LogP) is 6.01. The van der Waals surface area contributed by atoms with Crippen molar-refractivity contribution in [2.75, 3.05) is 6.54 Å². The molecule has 0 radical (unpaired) electrons. The van der Waals surface area contributed by atoms with Gasteiger partial charge in [0.1, 0.15) is 6.04 Å². The maximum atomic E-state index is 13.7. The summed E-state index contributed by atoms with van der Waals surface area (Å²) >= 11 is 12.4. The summed E-state index contributed by atoms with van der Waals surface area (Å²) in [5.74, 6) is -0.327. The summed E-state index contributed by atoms with van der Waals surface area (Å²) in [6.07, 6.45) is 1.31. The van der Waals surface area contributed by atoms with Gasteiger partial charge in [0.05, 0.1) is 6.42 Å². The first kappa shape index (κ1) is 25.8. The SMILES string of the molecule is CCCNC(=O)[C@@H](Cc1ccccc1)N(Cc1cccc(C)c1)C(=O)Cc1ccc(Cl)cc1Cl. The van der Waals surface area contributed by atoms with Gasteiger partial charge in [-0.2, -0.15) is 0 Å². The number of halogens is 2. The number of amides is 2. The van der Waals surface area contributed by atoms with Crippen molar-refractivity contribution >= 4 is 35.0 Å². The molecule has 0 saturated carbocycles. The Morgan fingerprint density at radius 3 is 2.35 bits per heavy atom. The van der Waals surface area contributed by atoms with Gasteiger partial charge in [-0.15, -0.1) is 0 Å². The minimum absolute atomic E-state index is 0.0775. The van der Waals surface area contributed by atoms with Crippen LogP contribution in [0.5, 0.6) is 0 Å². The minimum atomic E-state index is -0.659. The van der Waals surface area contributed by atoms with Crippen molar-refractivity contribution in [3.63, 3.8) is 0 Å². The smallest absolute Gasteiger partial charge is 0.243 e. The first-order chi connectivity index (χ1) is 16.4. The highest BCUT2D eigenvalue weighted by Gasteiger charge is 2.30. The first-order valence-electron chi connectivity index (χ1n) is 11.5. The van der Waals surface area contributed by atoms with Gasteiger partial charge in [0, 0.05) is 29.6 Å². The van der Waals surface area contributed by atoms with Crippen molar-refractivity contribution in [2.45, 2.75) is 45.7 Å². The zero-order chi connectivity index (χ0) is 24.5. The number of benzene rings is 3. The number of nitrogens with zero attached hydrogens (tertiary/aromatic N) is 1. The molecule has 4 nitrogen and oxygen atoms in total. The number of hydrogen-bond acceptors (Lipinski definition) is 2. The number of aryl methyl sites for hydroxylation is 1. The Morgan fingerprint density at radius 2 is 1.68 bits per heavy atom. The summed E-state index contributed by atoms with van der Waals surface area (Å²) < 4.78 is 0. The lowest BCUT2D eigenvalue weighted by atomic mass is 10.0. The quantitative estimate of drug-likeness (QED) is 0.373. The average molecular weight is 497 g/mol. The van der Waals surface area contributed by atoms with Gasteiger partial charge in [0.2, 0.25) is 11.8 Å². The van der Waals surface area contributed by atoms with E-state index in [1.165, 1.54) is 0 Å². The molecule has 1 atom stereocenters. The lowest BCUT2D eigenvalue weighted by molar-refractivity contribution is -0.140. The molecule has 3 aromatic carbocycles. The van der Waals surface area contributed by atoms with Crippen LogP contribution in [-0.4, -0.2) is 29.3 Å². The lowest BCUT2D eigenvalue weighted by Crippen LogP contribution is -2.51. The number of nitrogens with one attached hydrogen (secondary N) is 1. The third-order valence-corrected chi connectivity index (χ3v) is 6.20. The molecule has 178 valence electrons. The Balaban J connectivity index is 1.97. The van der Waals surface area contributed by atoms with Crippen molar-refractivity contribution < 1.29 is 9.59 Å². The van der Waals surface area contributed by atoms with Gasteiger partial charge in [-0.25, -0.2) is 0 Å².